The summed E-state index contributed by atoms with van der Waals surface area (Å²) >= 11 is 5.89. The molecule has 2 N–H and O–H groups in total. The van der Waals surface area contributed by atoms with Gasteiger partial charge in [-0.25, -0.2) is 0 Å². The van der Waals surface area contributed by atoms with Gasteiger partial charge in [-0.15, -0.1) is 11.6 Å². The number of alkyl halides is 1. The maximum atomic E-state index is 12.1. The Morgan fingerprint density at radius 2 is 2.24 bits per heavy atom. The maximum Gasteiger partial charge on any atom is 0.255 e. The quantitative estimate of drug-likeness (QED) is 0.814. The molecule has 0 bridgehead atoms. The lowest BCUT2D eigenvalue weighted by Crippen LogP contribution is -2.55. The van der Waals surface area contributed by atoms with E-state index in [1.807, 2.05) is 0 Å². The molecule has 1 aliphatic carbocycles. The minimum Gasteiger partial charge on any atom is -0.507 e. The number of halogens is 1. The number of carbonyl (C=O) groups is 1. The summed E-state index contributed by atoms with van der Waals surface area (Å²) in [6.45, 7) is 1.77. The summed E-state index contributed by atoms with van der Waals surface area (Å²) in [7, 11) is 0. The first-order valence-corrected chi connectivity index (χ1v) is 6.28. The molecule has 0 saturated heterocycles. The van der Waals surface area contributed by atoms with Crippen molar-refractivity contribution in [2.24, 2.45) is 0 Å². The van der Waals surface area contributed by atoms with Crippen LogP contribution < -0.4 is 5.32 Å². The molecule has 0 spiro atoms. The Morgan fingerprint density at radius 1 is 1.53 bits per heavy atom. The molecule has 1 aliphatic rings. The van der Waals surface area contributed by atoms with Crippen LogP contribution in [0.1, 0.15) is 35.2 Å². The third-order valence-electron chi connectivity index (χ3n) is 3.43. The fraction of sp³-hybridized carbons (Fsp3) is 0.462. The van der Waals surface area contributed by atoms with E-state index in [1.165, 1.54) is 0 Å². The minimum atomic E-state index is -0.269. The molecule has 0 unspecified atom stereocenters. The predicted molar refractivity (Wildman–Crippen MR) is 67.6 cm³/mol. The molecule has 0 radical (unpaired) electrons. The molecule has 3 nitrogen and oxygen atoms in total. The van der Waals surface area contributed by atoms with E-state index in [0.717, 1.165) is 19.3 Å². The first-order chi connectivity index (χ1) is 8.08. The lowest BCUT2D eigenvalue weighted by atomic mass is 9.78. The molecule has 0 aromatic heterocycles. The average molecular weight is 254 g/mol. The van der Waals surface area contributed by atoms with Crippen LogP contribution in [0, 0.1) is 6.92 Å². The van der Waals surface area contributed by atoms with Gasteiger partial charge >= 0.3 is 0 Å². The lowest BCUT2D eigenvalue weighted by molar-refractivity contribution is 0.0851. The summed E-state index contributed by atoms with van der Waals surface area (Å²) < 4.78 is 0. The molecule has 4 heteroatoms. The van der Waals surface area contributed by atoms with Gasteiger partial charge in [0, 0.05) is 5.88 Å². The van der Waals surface area contributed by atoms with E-state index in [1.54, 1.807) is 25.1 Å². The van der Waals surface area contributed by atoms with Crippen molar-refractivity contribution < 1.29 is 9.90 Å². The SMILES string of the molecule is Cc1cccc(C(=O)NC2(CCl)CCC2)c1O. The van der Waals surface area contributed by atoms with Crippen LogP contribution in [0.3, 0.4) is 0 Å². The van der Waals surface area contributed by atoms with Crippen molar-refractivity contribution in [3.8, 4) is 5.75 Å². The molecular weight excluding hydrogens is 238 g/mol. The second kappa shape index (κ2) is 4.57. The lowest BCUT2D eigenvalue weighted by Gasteiger charge is -2.41. The number of hydrogen-bond donors (Lipinski definition) is 2. The van der Waals surface area contributed by atoms with Crippen LogP contribution in [0.15, 0.2) is 18.2 Å². The summed E-state index contributed by atoms with van der Waals surface area (Å²) in [6.07, 6.45) is 2.91. The number of phenols is 1. The summed E-state index contributed by atoms with van der Waals surface area (Å²) in [5.74, 6) is 0.228. The van der Waals surface area contributed by atoms with Gasteiger partial charge in [0.1, 0.15) is 5.75 Å². The number of rotatable bonds is 3. The average Bonchev–Trinajstić information content (AvgIpc) is 2.27. The fourth-order valence-corrected chi connectivity index (χ4v) is 2.38. The van der Waals surface area contributed by atoms with E-state index in [4.69, 9.17) is 11.6 Å². The third-order valence-corrected chi connectivity index (χ3v) is 3.94. The first-order valence-electron chi connectivity index (χ1n) is 5.75. The molecule has 1 amide bonds. The summed E-state index contributed by atoms with van der Waals surface area (Å²) in [5, 5.41) is 12.8. The van der Waals surface area contributed by atoms with Gasteiger partial charge in [0.15, 0.2) is 0 Å². The van der Waals surface area contributed by atoms with Crippen molar-refractivity contribution in [2.75, 3.05) is 5.88 Å². The van der Waals surface area contributed by atoms with Gasteiger partial charge in [-0.1, -0.05) is 12.1 Å². The van der Waals surface area contributed by atoms with Crippen LogP contribution in [0.4, 0.5) is 0 Å². The molecule has 1 aromatic carbocycles. The van der Waals surface area contributed by atoms with Crippen LogP contribution >= 0.6 is 11.6 Å². The van der Waals surface area contributed by atoms with Crippen molar-refractivity contribution in [3.63, 3.8) is 0 Å². The zero-order valence-corrected chi connectivity index (χ0v) is 10.5. The largest absolute Gasteiger partial charge is 0.507 e. The Kier molecular flexibility index (Phi) is 3.29. The van der Waals surface area contributed by atoms with Crippen molar-refractivity contribution in [3.05, 3.63) is 29.3 Å². The highest BCUT2D eigenvalue weighted by Gasteiger charge is 2.38. The minimum absolute atomic E-state index is 0.0500. The van der Waals surface area contributed by atoms with Gasteiger partial charge in [0.2, 0.25) is 0 Å². The van der Waals surface area contributed by atoms with E-state index in [-0.39, 0.29) is 17.2 Å². The number of aryl methyl sites for hydroxylation is 1. The summed E-state index contributed by atoms with van der Waals surface area (Å²) in [4.78, 5) is 12.1. The second-order valence-electron chi connectivity index (χ2n) is 4.69. The highest BCUT2D eigenvalue weighted by Crippen LogP contribution is 2.33. The van der Waals surface area contributed by atoms with Gasteiger partial charge < -0.3 is 10.4 Å². The zero-order chi connectivity index (χ0) is 12.5. The number of phenolic OH excluding ortho intramolecular Hbond substituents is 1. The van der Waals surface area contributed by atoms with E-state index < -0.39 is 0 Å². The van der Waals surface area contributed by atoms with Gasteiger partial charge in [-0.2, -0.15) is 0 Å². The normalized spacial score (nSPS) is 17.3. The van der Waals surface area contributed by atoms with Gasteiger partial charge in [-0.3, -0.25) is 4.79 Å². The van der Waals surface area contributed by atoms with E-state index >= 15 is 0 Å². The topological polar surface area (TPSA) is 49.3 Å². The Balaban J connectivity index is 2.17. The number of amides is 1. The highest BCUT2D eigenvalue weighted by atomic mass is 35.5. The molecule has 2 rings (SSSR count). The van der Waals surface area contributed by atoms with Crippen molar-refractivity contribution in [1.82, 2.24) is 5.32 Å². The molecule has 0 atom stereocenters. The fourth-order valence-electron chi connectivity index (χ4n) is 2.05. The molecule has 17 heavy (non-hydrogen) atoms. The molecule has 0 aliphatic heterocycles. The Morgan fingerprint density at radius 3 is 2.76 bits per heavy atom. The van der Waals surface area contributed by atoms with Crippen LogP contribution in [-0.2, 0) is 0 Å². The first kappa shape index (κ1) is 12.2. The van der Waals surface area contributed by atoms with E-state index in [0.29, 0.717) is 17.0 Å². The zero-order valence-electron chi connectivity index (χ0n) is 9.79. The van der Waals surface area contributed by atoms with Crippen molar-refractivity contribution >= 4 is 17.5 Å². The van der Waals surface area contributed by atoms with Crippen molar-refractivity contribution in [1.29, 1.82) is 0 Å². The van der Waals surface area contributed by atoms with E-state index in [2.05, 4.69) is 5.32 Å². The monoisotopic (exact) mass is 253 g/mol. The predicted octanol–water partition coefficient (Wildman–Crippen LogP) is 2.59. The molecule has 92 valence electrons. The van der Waals surface area contributed by atoms with Crippen LogP contribution in [0.5, 0.6) is 5.75 Å². The second-order valence-corrected chi connectivity index (χ2v) is 4.96. The van der Waals surface area contributed by atoms with Crippen LogP contribution in [0.2, 0.25) is 0 Å². The van der Waals surface area contributed by atoms with Gasteiger partial charge in [0.05, 0.1) is 11.1 Å². The third kappa shape index (κ3) is 2.25. The summed E-state index contributed by atoms with van der Waals surface area (Å²) in [6, 6.07) is 5.16. The molecule has 1 fully saturated rings. The molecule has 1 saturated carbocycles. The number of aromatic hydroxyl groups is 1. The van der Waals surface area contributed by atoms with Crippen LogP contribution in [-0.4, -0.2) is 22.4 Å². The van der Waals surface area contributed by atoms with E-state index in [9.17, 15) is 9.90 Å². The van der Waals surface area contributed by atoms with Gasteiger partial charge in [0.25, 0.3) is 5.91 Å². The number of hydrogen-bond acceptors (Lipinski definition) is 2. The smallest absolute Gasteiger partial charge is 0.255 e. The Labute approximate surface area is 106 Å². The highest BCUT2D eigenvalue weighted by molar-refractivity contribution is 6.19. The molecule has 0 heterocycles. The van der Waals surface area contributed by atoms with Crippen LogP contribution in [0.25, 0.3) is 0 Å². The summed E-state index contributed by atoms with van der Waals surface area (Å²) in [5.41, 5.74) is 0.752. The maximum absolute atomic E-state index is 12.1. The van der Waals surface area contributed by atoms with Crippen molar-refractivity contribution in [2.45, 2.75) is 31.7 Å². The van der Waals surface area contributed by atoms with Gasteiger partial charge in [-0.05, 0) is 37.8 Å². The number of para-hydroxylation sites is 1. The standard InChI is InChI=1S/C13H16ClNO2/c1-9-4-2-5-10(11(9)16)12(17)15-13(8-14)6-3-7-13/h2,4-5,16H,3,6-8H2,1H3,(H,15,17). The Hall–Kier alpha value is -1.22. The molecular formula is C13H16ClNO2. The number of benzene rings is 1. The molecule has 1 aromatic rings. The number of nitrogens with one attached hydrogen (secondary N) is 1. The Bertz CT molecular complexity index is 436. The number of carbonyl (C=O) groups excluding carboxylic acids is 1.